The maximum Gasteiger partial charge on any atom is 0.416 e. The highest BCUT2D eigenvalue weighted by Gasteiger charge is 2.30. The molecule has 1 nitrogen and oxygen atoms in total. The van der Waals surface area contributed by atoms with Gasteiger partial charge in [0.15, 0.2) is 0 Å². The minimum atomic E-state index is -4.25. The molecule has 1 N–H and O–H groups in total. The lowest BCUT2D eigenvalue weighted by molar-refractivity contribution is -0.0883. The van der Waals surface area contributed by atoms with Crippen molar-refractivity contribution in [2.45, 2.75) is 26.4 Å². The molecule has 0 aromatic heterocycles. The van der Waals surface area contributed by atoms with Crippen LogP contribution in [0.15, 0.2) is 23.9 Å². The van der Waals surface area contributed by atoms with Gasteiger partial charge in [-0.05, 0) is 25.6 Å². The molecule has 0 atom stereocenters. The van der Waals surface area contributed by atoms with Crippen molar-refractivity contribution in [2.24, 2.45) is 0 Å². The molecule has 0 radical (unpaired) electrons. The molecule has 0 fully saturated rings. The highest BCUT2D eigenvalue weighted by Crippen LogP contribution is 2.25. The maximum atomic E-state index is 12.1. The first kappa shape index (κ1) is 12.1. The normalized spacial score (nSPS) is 13.8. The third-order valence-electron chi connectivity index (χ3n) is 1.41. The van der Waals surface area contributed by atoms with Gasteiger partial charge in [-0.2, -0.15) is 13.2 Å². The zero-order valence-corrected chi connectivity index (χ0v) is 7.78. The van der Waals surface area contributed by atoms with Crippen molar-refractivity contribution in [3.8, 4) is 0 Å². The molecule has 76 valence electrons. The first-order valence-electron chi connectivity index (χ1n) is 4.15. The summed E-state index contributed by atoms with van der Waals surface area (Å²) in [5.41, 5.74) is -0.629. The second kappa shape index (κ2) is 5.67. The molecule has 0 aromatic carbocycles. The minimum absolute atomic E-state index is 0.629. The van der Waals surface area contributed by atoms with Gasteiger partial charge < -0.3 is 5.32 Å². The van der Waals surface area contributed by atoms with Gasteiger partial charge >= 0.3 is 6.18 Å². The molecule has 0 aliphatic carbocycles. The molecular formula is C9H14F3N. The van der Waals surface area contributed by atoms with E-state index in [4.69, 9.17) is 0 Å². The number of rotatable bonds is 4. The Labute approximate surface area is 76.3 Å². The summed E-state index contributed by atoms with van der Waals surface area (Å²) in [6, 6.07) is 0. The standard InChI is InChI=1S/C9H14F3N/c1-3-6-13-7-5-8(4-2)9(10,11)12/h4-5,7,13H,3,6H2,1-2H3/b7-5-,8-4+. The van der Waals surface area contributed by atoms with Gasteiger partial charge in [0.05, 0.1) is 5.57 Å². The Balaban J connectivity index is 4.08. The third-order valence-corrected chi connectivity index (χ3v) is 1.41. The lowest BCUT2D eigenvalue weighted by Gasteiger charge is -2.06. The number of alkyl halides is 3. The number of nitrogens with one attached hydrogen (secondary N) is 1. The quantitative estimate of drug-likeness (QED) is 0.534. The van der Waals surface area contributed by atoms with E-state index in [1.54, 1.807) is 0 Å². The smallest absolute Gasteiger partial charge is 0.391 e. The van der Waals surface area contributed by atoms with Crippen molar-refractivity contribution in [2.75, 3.05) is 6.54 Å². The highest BCUT2D eigenvalue weighted by molar-refractivity contribution is 5.22. The van der Waals surface area contributed by atoms with Gasteiger partial charge in [0, 0.05) is 6.54 Å². The topological polar surface area (TPSA) is 12.0 Å². The lowest BCUT2D eigenvalue weighted by Crippen LogP contribution is -2.11. The van der Waals surface area contributed by atoms with Crippen LogP contribution >= 0.6 is 0 Å². The van der Waals surface area contributed by atoms with Crippen LogP contribution in [0.4, 0.5) is 13.2 Å². The van der Waals surface area contributed by atoms with Gasteiger partial charge in [-0.1, -0.05) is 13.0 Å². The van der Waals surface area contributed by atoms with Crippen LogP contribution < -0.4 is 5.32 Å². The summed E-state index contributed by atoms with van der Waals surface area (Å²) in [5, 5.41) is 2.75. The Morgan fingerprint density at radius 3 is 2.38 bits per heavy atom. The molecule has 0 saturated carbocycles. The van der Waals surface area contributed by atoms with Crippen LogP contribution in [-0.4, -0.2) is 12.7 Å². The molecule has 0 rings (SSSR count). The lowest BCUT2D eigenvalue weighted by atomic mass is 10.2. The summed E-state index contributed by atoms with van der Waals surface area (Å²) >= 11 is 0. The first-order valence-corrected chi connectivity index (χ1v) is 4.15. The van der Waals surface area contributed by atoms with E-state index >= 15 is 0 Å². The van der Waals surface area contributed by atoms with E-state index in [1.807, 2.05) is 6.92 Å². The fourth-order valence-electron chi connectivity index (χ4n) is 0.731. The van der Waals surface area contributed by atoms with Crippen LogP contribution in [-0.2, 0) is 0 Å². The molecule has 0 heterocycles. The molecule has 0 bridgehead atoms. The summed E-state index contributed by atoms with van der Waals surface area (Å²) in [4.78, 5) is 0. The van der Waals surface area contributed by atoms with Crippen LogP contribution in [0.3, 0.4) is 0 Å². The predicted octanol–water partition coefficient (Wildman–Crippen LogP) is 3.01. The molecule has 0 spiro atoms. The van der Waals surface area contributed by atoms with Crippen molar-refractivity contribution in [3.05, 3.63) is 23.9 Å². The van der Waals surface area contributed by atoms with Crippen LogP contribution in [0, 0.1) is 0 Å². The molecule has 0 aliphatic rings. The zero-order chi connectivity index (χ0) is 10.3. The average Bonchev–Trinajstić information content (AvgIpc) is 2.02. The molecule has 0 unspecified atom stereocenters. The van der Waals surface area contributed by atoms with Gasteiger partial charge in [0.2, 0.25) is 0 Å². The predicted molar refractivity (Wildman–Crippen MR) is 47.2 cm³/mol. The monoisotopic (exact) mass is 193 g/mol. The van der Waals surface area contributed by atoms with Gasteiger partial charge in [-0.3, -0.25) is 0 Å². The van der Waals surface area contributed by atoms with Gasteiger partial charge in [0.25, 0.3) is 0 Å². The Bertz CT molecular complexity index is 192. The molecular weight excluding hydrogens is 179 g/mol. The van der Waals surface area contributed by atoms with Gasteiger partial charge in [-0.15, -0.1) is 0 Å². The summed E-state index contributed by atoms with van der Waals surface area (Å²) in [5.74, 6) is 0. The summed E-state index contributed by atoms with van der Waals surface area (Å²) in [6.07, 6.45) is 0.0484. The van der Waals surface area contributed by atoms with E-state index < -0.39 is 11.7 Å². The Hall–Kier alpha value is -0.930. The van der Waals surface area contributed by atoms with Crippen LogP contribution in [0.5, 0.6) is 0 Å². The molecule has 0 saturated heterocycles. The van der Waals surface area contributed by atoms with Crippen LogP contribution in [0.1, 0.15) is 20.3 Å². The largest absolute Gasteiger partial charge is 0.416 e. The van der Waals surface area contributed by atoms with Crippen molar-refractivity contribution < 1.29 is 13.2 Å². The number of hydrogen-bond acceptors (Lipinski definition) is 1. The fourth-order valence-corrected chi connectivity index (χ4v) is 0.731. The highest BCUT2D eigenvalue weighted by atomic mass is 19.4. The Morgan fingerprint density at radius 2 is 2.00 bits per heavy atom. The SMILES string of the molecule is C/C=C(\C=C/NCCC)C(F)(F)F. The van der Waals surface area contributed by atoms with E-state index in [0.29, 0.717) is 6.54 Å². The zero-order valence-electron chi connectivity index (χ0n) is 7.78. The van der Waals surface area contributed by atoms with E-state index in [2.05, 4.69) is 5.32 Å². The molecule has 0 aliphatic heterocycles. The molecule has 13 heavy (non-hydrogen) atoms. The Morgan fingerprint density at radius 1 is 1.38 bits per heavy atom. The van der Waals surface area contributed by atoms with Crippen molar-refractivity contribution in [1.29, 1.82) is 0 Å². The second-order valence-electron chi connectivity index (χ2n) is 2.53. The van der Waals surface area contributed by atoms with Gasteiger partial charge in [-0.25, -0.2) is 0 Å². The van der Waals surface area contributed by atoms with Crippen LogP contribution in [0.25, 0.3) is 0 Å². The minimum Gasteiger partial charge on any atom is -0.391 e. The maximum absolute atomic E-state index is 12.1. The van der Waals surface area contributed by atoms with E-state index in [0.717, 1.165) is 18.6 Å². The summed E-state index contributed by atoms with van der Waals surface area (Å²) in [6.45, 7) is 4.00. The van der Waals surface area contributed by atoms with Crippen molar-refractivity contribution >= 4 is 0 Å². The van der Waals surface area contributed by atoms with Crippen LogP contribution in [0.2, 0.25) is 0 Å². The second-order valence-corrected chi connectivity index (χ2v) is 2.53. The molecule has 0 aromatic rings. The number of allylic oxidation sites excluding steroid dienone is 3. The van der Waals surface area contributed by atoms with Crippen molar-refractivity contribution in [1.82, 2.24) is 5.32 Å². The third kappa shape index (κ3) is 5.33. The van der Waals surface area contributed by atoms with E-state index in [1.165, 1.54) is 13.1 Å². The van der Waals surface area contributed by atoms with Crippen molar-refractivity contribution in [3.63, 3.8) is 0 Å². The summed E-state index contributed by atoms with van der Waals surface area (Å²) in [7, 11) is 0. The van der Waals surface area contributed by atoms with Gasteiger partial charge in [0.1, 0.15) is 0 Å². The molecule has 0 amide bonds. The average molecular weight is 193 g/mol. The van der Waals surface area contributed by atoms with E-state index in [-0.39, 0.29) is 0 Å². The Kier molecular flexibility index (Phi) is 5.26. The molecule has 4 heteroatoms. The first-order chi connectivity index (χ1) is 6.02. The summed E-state index contributed by atoms with van der Waals surface area (Å²) < 4.78 is 36.2. The fraction of sp³-hybridized carbons (Fsp3) is 0.556. The van der Waals surface area contributed by atoms with E-state index in [9.17, 15) is 13.2 Å². The number of hydrogen-bond donors (Lipinski definition) is 1. The number of halogens is 3.